The minimum absolute atomic E-state index is 0.0195. The van der Waals surface area contributed by atoms with Crippen molar-refractivity contribution < 1.29 is 4.79 Å². The average molecular weight is 331 g/mol. The maximum atomic E-state index is 12.7. The highest BCUT2D eigenvalue weighted by atomic mass is 32.2. The quantitative estimate of drug-likeness (QED) is 0.875. The summed E-state index contributed by atoms with van der Waals surface area (Å²) in [7, 11) is 0. The van der Waals surface area contributed by atoms with Crippen molar-refractivity contribution in [3.05, 3.63) is 34.6 Å². The van der Waals surface area contributed by atoms with E-state index in [9.17, 15) is 9.59 Å². The molecule has 1 aliphatic rings. The number of carbonyl (C=O) groups is 1. The van der Waals surface area contributed by atoms with Gasteiger partial charge in [0.2, 0.25) is 5.91 Å². The van der Waals surface area contributed by atoms with Crippen LogP contribution in [0.1, 0.15) is 32.6 Å². The molecule has 1 unspecified atom stereocenters. The summed E-state index contributed by atoms with van der Waals surface area (Å²) in [5.74, 6) is 0.0537. The summed E-state index contributed by atoms with van der Waals surface area (Å²) in [6.45, 7) is 3.39. The normalized spacial score (nSPS) is 18.7. The van der Waals surface area contributed by atoms with Crippen LogP contribution >= 0.6 is 11.8 Å². The van der Waals surface area contributed by atoms with E-state index >= 15 is 0 Å². The van der Waals surface area contributed by atoms with E-state index < -0.39 is 0 Å². The molecular weight excluding hydrogens is 310 g/mol. The molecule has 0 saturated carbocycles. The molecule has 1 aromatic carbocycles. The molecule has 2 heterocycles. The Labute approximate surface area is 139 Å². The molecular formula is C17H21N3O2S. The number of para-hydroxylation sites is 1. The van der Waals surface area contributed by atoms with Crippen molar-refractivity contribution in [3.63, 3.8) is 0 Å². The number of carbonyl (C=O) groups excluding carboxylic acids is 1. The molecule has 0 aliphatic carbocycles. The molecule has 1 aromatic heterocycles. The lowest BCUT2D eigenvalue weighted by Gasteiger charge is -2.16. The molecule has 0 spiro atoms. The largest absolute Gasteiger partial charge is 0.355 e. The minimum Gasteiger partial charge on any atom is -0.355 e. The first-order chi connectivity index (χ1) is 11.2. The van der Waals surface area contributed by atoms with Crippen LogP contribution in [0.3, 0.4) is 0 Å². The van der Waals surface area contributed by atoms with Crippen LogP contribution in [0.4, 0.5) is 0 Å². The second-order valence-corrected chi connectivity index (χ2v) is 6.93. The third-order valence-corrected chi connectivity index (χ3v) is 5.26. The zero-order valence-corrected chi connectivity index (χ0v) is 14.1. The molecule has 1 aliphatic heterocycles. The average Bonchev–Trinajstić information content (AvgIpc) is 2.76. The zero-order valence-electron chi connectivity index (χ0n) is 13.2. The van der Waals surface area contributed by atoms with E-state index in [4.69, 9.17) is 0 Å². The fraction of sp³-hybridized carbons (Fsp3) is 0.471. The number of aromatic nitrogens is 2. The maximum Gasteiger partial charge on any atom is 0.262 e. The van der Waals surface area contributed by atoms with E-state index in [1.807, 2.05) is 31.2 Å². The van der Waals surface area contributed by atoms with Gasteiger partial charge in [0, 0.05) is 13.1 Å². The van der Waals surface area contributed by atoms with Gasteiger partial charge in [-0.1, -0.05) is 37.2 Å². The van der Waals surface area contributed by atoms with Gasteiger partial charge in [0.25, 0.3) is 5.56 Å². The molecule has 1 fully saturated rings. The fourth-order valence-electron chi connectivity index (χ4n) is 2.81. The van der Waals surface area contributed by atoms with Gasteiger partial charge in [-0.25, -0.2) is 4.98 Å². The summed E-state index contributed by atoms with van der Waals surface area (Å²) in [5, 5.41) is 4.06. The molecule has 2 aromatic rings. The van der Waals surface area contributed by atoms with Crippen molar-refractivity contribution in [1.29, 1.82) is 0 Å². The van der Waals surface area contributed by atoms with E-state index in [-0.39, 0.29) is 16.7 Å². The summed E-state index contributed by atoms with van der Waals surface area (Å²) in [4.78, 5) is 29.6. The minimum atomic E-state index is -0.173. The summed E-state index contributed by atoms with van der Waals surface area (Å²) >= 11 is 1.42. The van der Waals surface area contributed by atoms with Gasteiger partial charge in [-0.3, -0.25) is 14.2 Å². The summed E-state index contributed by atoms with van der Waals surface area (Å²) in [6.07, 6.45) is 3.70. The number of amides is 1. The predicted octanol–water partition coefficient (Wildman–Crippen LogP) is 2.57. The van der Waals surface area contributed by atoms with Crippen LogP contribution in [-0.2, 0) is 11.3 Å². The summed E-state index contributed by atoms with van der Waals surface area (Å²) < 4.78 is 1.71. The van der Waals surface area contributed by atoms with Crippen LogP contribution in [0.15, 0.2) is 34.2 Å². The summed E-state index contributed by atoms with van der Waals surface area (Å²) in [6, 6.07) is 7.40. The molecule has 122 valence electrons. The first kappa shape index (κ1) is 16.1. The lowest BCUT2D eigenvalue weighted by molar-refractivity contribution is -0.120. The molecule has 0 radical (unpaired) electrons. The van der Waals surface area contributed by atoms with Crippen LogP contribution in [-0.4, -0.2) is 27.3 Å². The van der Waals surface area contributed by atoms with Crippen LogP contribution in [0.5, 0.6) is 0 Å². The highest BCUT2D eigenvalue weighted by Crippen LogP contribution is 2.27. The molecule has 1 atom stereocenters. The van der Waals surface area contributed by atoms with Crippen molar-refractivity contribution in [2.45, 2.75) is 49.6 Å². The van der Waals surface area contributed by atoms with Crippen molar-refractivity contribution in [3.8, 4) is 0 Å². The highest BCUT2D eigenvalue weighted by Gasteiger charge is 2.24. The lowest BCUT2D eigenvalue weighted by atomic mass is 10.2. The van der Waals surface area contributed by atoms with Crippen molar-refractivity contribution >= 4 is 28.6 Å². The van der Waals surface area contributed by atoms with Crippen molar-refractivity contribution in [2.75, 3.05) is 6.54 Å². The van der Waals surface area contributed by atoms with Crippen LogP contribution in [0, 0.1) is 0 Å². The number of benzene rings is 1. The second-order valence-electron chi connectivity index (χ2n) is 5.76. The predicted molar refractivity (Wildman–Crippen MR) is 92.8 cm³/mol. The third kappa shape index (κ3) is 3.42. The van der Waals surface area contributed by atoms with Gasteiger partial charge in [0.05, 0.1) is 16.2 Å². The van der Waals surface area contributed by atoms with Gasteiger partial charge in [0.15, 0.2) is 5.16 Å². The molecule has 6 heteroatoms. The van der Waals surface area contributed by atoms with Gasteiger partial charge in [0.1, 0.15) is 0 Å². The van der Waals surface area contributed by atoms with Crippen LogP contribution in [0.2, 0.25) is 0 Å². The topological polar surface area (TPSA) is 64.0 Å². The van der Waals surface area contributed by atoms with E-state index in [0.29, 0.717) is 22.6 Å². The maximum absolute atomic E-state index is 12.7. The van der Waals surface area contributed by atoms with E-state index in [1.165, 1.54) is 11.8 Å². The molecule has 1 amide bonds. The van der Waals surface area contributed by atoms with Gasteiger partial charge in [-0.05, 0) is 31.4 Å². The fourth-order valence-corrected chi connectivity index (χ4v) is 3.99. The smallest absolute Gasteiger partial charge is 0.262 e. The second kappa shape index (κ2) is 7.17. The number of thioether (sulfide) groups is 1. The third-order valence-electron chi connectivity index (χ3n) is 4.01. The Morgan fingerprint density at radius 3 is 2.96 bits per heavy atom. The Bertz CT molecular complexity index is 772. The Morgan fingerprint density at radius 2 is 2.13 bits per heavy atom. The van der Waals surface area contributed by atoms with Gasteiger partial charge in [-0.2, -0.15) is 0 Å². The van der Waals surface area contributed by atoms with Gasteiger partial charge in [-0.15, -0.1) is 0 Å². The summed E-state index contributed by atoms with van der Waals surface area (Å²) in [5.41, 5.74) is 0.676. The Kier molecular flexibility index (Phi) is 5.00. The molecule has 1 saturated heterocycles. The SMILES string of the molecule is CCCn1c(SC2CCCCNC2=O)nc2ccccc2c1=O. The number of hydrogen-bond acceptors (Lipinski definition) is 4. The van der Waals surface area contributed by atoms with Gasteiger partial charge < -0.3 is 5.32 Å². The number of rotatable bonds is 4. The van der Waals surface area contributed by atoms with Crippen LogP contribution in [0.25, 0.3) is 10.9 Å². The Hall–Kier alpha value is -1.82. The monoisotopic (exact) mass is 331 g/mol. The number of hydrogen-bond donors (Lipinski definition) is 1. The van der Waals surface area contributed by atoms with E-state index in [0.717, 1.165) is 32.2 Å². The molecule has 3 rings (SSSR count). The van der Waals surface area contributed by atoms with Crippen molar-refractivity contribution in [2.24, 2.45) is 0 Å². The number of fused-ring (bicyclic) bond motifs is 1. The van der Waals surface area contributed by atoms with Crippen LogP contribution < -0.4 is 10.9 Å². The number of nitrogens with zero attached hydrogens (tertiary/aromatic N) is 2. The zero-order chi connectivity index (χ0) is 16.2. The number of nitrogens with one attached hydrogen (secondary N) is 1. The molecule has 1 N–H and O–H groups in total. The Morgan fingerprint density at radius 1 is 1.30 bits per heavy atom. The van der Waals surface area contributed by atoms with Crippen molar-refractivity contribution in [1.82, 2.24) is 14.9 Å². The lowest BCUT2D eigenvalue weighted by Crippen LogP contribution is -2.32. The Balaban J connectivity index is 2.02. The molecule has 0 bridgehead atoms. The molecule has 23 heavy (non-hydrogen) atoms. The first-order valence-electron chi connectivity index (χ1n) is 8.14. The molecule has 5 nitrogen and oxygen atoms in total. The highest BCUT2D eigenvalue weighted by molar-refractivity contribution is 8.00. The van der Waals surface area contributed by atoms with E-state index in [2.05, 4.69) is 10.3 Å². The first-order valence-corrected chi connectivity index (χ1v) is 9.02. The van der Waals surface area contributed by atoms with Gasteiger partial charge >= 0.3 is 0 Å². The van der Waals surface area contributed by atoms with E-state index in [1.54, 1.807) is 4.57 Å². The standard InChI is InChI=1S/C17H21N3O2S/c1-2-11-20-16(22)12-7-3-4-8-13(12)19-17(20)23-14-9-5-6-10-18-15(14)21/h3-4,7-8,14H,2,5-6,9-11H2,1H3,(H,18,21).